The summed E-state index contributed by atoms with van der Waals surface area (Å²) in [7, 11) is -4.03. The van der Waals surface area contributed by atoms with E-state index in [9.17, 15) is 23.3 Å². The first kappa shape index (κ1) is 22.5. The van der Waals surface area contributed by atoms with Gasteiger partial charge in [-0.25, -0.2) is 8.42 Å². The Morgan fingerprint density at radius 3 is 2.37 bits per heavy atom. The molecule has 1 saturated heterocycles. The van der Waals surface area contributed by atoms with Crippen molar-refractivity contribution < 1.29 is 18.1 Å². The molecular formula is C19H19Cl2N3O5S. The number of hydrogen-bond acceptors (Lipinski definition) is 5. The van der Waals surface area contributed by atoms with Crippen LogP contribution in [0.2, 0.25) is 10.0 Å². The monoisotopic (exact) mass is 471 g/mol. The number of rotatable bonds is 6. The van der Waals surface area contributed by atoms with Crippen molar-refractivity contribution in [2.75, 3.05) is 26.2 Å². The average molecular weight is 472 g/mol. The van der Waals surface area contributed by atoms with Crippen LogP contribution in [0.25, 0.3) is 0 Å². The molecule has 0 saturated carbocycles. The molecule has 1 heterocycles. The SMILES string of the molecule is O=C(CCc1ccc(Cl)cc1Cl)N1CCN(S(=O)(=O)c2ccccc2[N+](=O)[O-])CC1. The Morgan fingerprint density at radius 2 is 1.73 bits per heavy atom. The summed E-state index contributed by atoms with van der Waals surface area (Å²) in [5.74, 6) is -0.108. The highest BCUT2D eigenvalue weighted by molar-refractivity contribution is 7.89. The molecule has 0 spiro atoms. The largest absolute Gasteiger partial charge is 0.340 e. The molecule has 3 rings (SSSR count). The third-order valence-electron chi connectivity index (χ3n) is 4.89. The normalized spacial score (nSPS) is 15.2. The maximum Gasteiger partial charge on any atom is 0.289 e. The zero-order chi connectivity index (χ0) is 21.9. The second kappa shape index (κ2) is 9.30. The van der Waals surface area contributed by atoms with Gasteiger partial charge in [-0.15, -0.1) is 0 Å². The summed E-state index contributed by atoms with van der Waals surface area (Å²) in [6.45, 7) is 0.573. The number of carbonyl (C=O) groups is 1. The molecule has 30 heavy (non-hydrogen) atoms. The van der Waals surface area contributed by atoms with E-state index >= 15 is 0 Å². The zero-order valence-corrected chi connectivity index (χ0v) is 18.2. The van der Waals surface area contributed by atoms with Crippen molar-refractivity contribution in [1.29, 1.82) is 0 Å². The van der Waals surface area contributed by atoms with E-state index in [1.807, 2.05) is 0 Å². The molecule has 0 aliphatic carbocycles. The number of hydrogen-bond donors (Lipinski definition) is 0. The number of para-hydroxylation sites is 1. The van der Waals surface area contributed by atoms with Crippen LogP contribution in [0.3, 0.4) is 0 Å². The highest BCUT2D eigenvalue weighted by Crippen LogP contribution is 2.27. The Balaban J connectivity index is 1.61. The van der Waals surface area contributed by atoms with Crippen molar-refractivity contribution in [1.82, 2.24) is 9.21 Å². The van der Waals surface area contributed by atoms with E-state index in [0.717, 1.165) is 11.6 Å². The molecule has 0 radical (unpaired) electrons. The van der Waals surface area contributed by atoms with E-state index in [1.54, 1.807) is 23.1 Å². The maximum atomic E-state index is 12.9. The van der Waals surface area contributed by atoms with Gasteiger partial charge in [0, 0.05) is 48.7 Å². The summed E-state index contributed by atoms with van der Waals surface area (Å²) in [4.78, 5) is 24.2. The van der Waals surface area contributed by atoms with E-state index < -0.39 is 20.6 Å². The number of carbonyl (C=O) groups excluding carboxylic acids is 1. The molecule has 1 aliphatic heterocycles. The zero-order valence-electron chi connectivity index (χ0n) is 15.8. The first-order valence-electron chi connectivity index (χ1n) is 9.15. The smallest absolute Gasteiger partial charge is 0.289 e. The van der Waals surface area contributed by atoms with E-state index in [4.69, 9.17) is 23.2 Å². The lowest BCUT2D eigenvalue weighted by Gasteiger charge is -2.34. The Bertz CT molecular complexity index is 1070. The molecular weight excluding hydrogens is 453 g/mol. The topological polar surface area (TPSA) is 101 Å². The van der Waals surface area contributed by atoms with Crippen LogP contribution in [-0.4, -0.2) is 54.6 Å². The van der Waals surface area contributed by atoms with Crippen LogP contribution in [0.4, 0.5) is 5.69 Å². The van der Waals surface area contributed by atoms with Crippen molar-refractivity contribution in [2.24, 2.45) is 0 Å². The van der Waals surface area contributed by atoms with Gasteiger partial charge < -0.3 is 4.90 Å². The van der Waals surface area contributed by atoms with Gasteiger partial charge in [-0.2, -0.15) is 4.31 Å². The molecule has 2 aromatic carbocycles. The van der Waals surface area contributed by atoms with Crippen molar-refractivity contribution in [3.05, 3.63) is 68.2 Å². The molecule has 0 unspecified atom stereocenters. The van der Waals surface area contributed by atoms with Crippen LogP contribution < -0.4 is 0 Å². The van der Waals surface area contributed by atoms with Crippen LogP contribution in [0.5, 0.6) is 0 Å². The maximum absolute atomic E-state index is 12.9. The van der Waals surface area contributed by atoms with E-state index in [-0.39, 0.29) is 43.4 Å². The Labute approximate surface area is 184 Å². The number of nitrogens with zero attached hydrogens (tertiary/aromatic N) is 3. The van der Waals surface area contributed by atoms with Gasteiger partial charge in [0.1, 0.15) is 0 Å². The molecule has 1 fully saturated rings. The highest BCUT2D eigenvalue weighted by Gasteiger charge is 2.34. The van der Waals surface area contributed by atoms with E-state index in [0.29, 0.717) is 16.5 Å². The Morgan fingerprint density at radius 1 is 1.07 bits per heavy atom. The number of aryl methyl sites for hydroxylation is 1. The molecule has 0 bridgehead atoms. The molecule has 1 aliphatic rings. The van der Waals surface area contributed by atoms with Crippen molar-refractivity contribution in [3.8, 4) is 0 Å². The van der Waals surface area contributed by atoms with Gasteiger partial charge in [0.25, 0.3) is 5.69 Å². The minimum Gasteiger partial charge on any atom is -0.340 e. The van der Waals surface area contributed by atoms with E-state index in [2.05, 4.69) is 0 Å². The molecule has 0 atom stereocenters. The third kappa shape index (κ3) is 4.92. The molecule has 11 heteroatoms. The van der Waals surface area contributed by atoms with Crippen LogP contribution in [0.15, 0.2) is 47.4 Å². The van der Waals surface area contributed by atoms with Crippen LogP contribution in [0.1, 0.15) is 12.0 Å². The molecule has 0 N–H and O–H groups in total. The molecule has 0 aromatic heterocycles. The Hall–Kier alpha value is -2.20. The average Bonchev–Trinajstić information content (AvgIpc) is 2.73. The van der Waals surface area contributed by atoms with Crippen LogP contribution >= 0.6 is 23.2 Å². The van der Waals surface area contributed by atoms with Crippen LogP contribution in [-0.2, 0) is 21.2 Å². The van der Waals surface area contributed by atoms with Gasteiger partial charge >= 0.3 is 0 Å². The molecule has 160 valence electrons. The first-order valence-corrected chi connectivity index (χ1v) is 11.3. The van der Waals surface area contributed by atoms with Crippen molar-refractivity contribution in [3.63, 3.8) is 0 Å². The lowest BCUT2D eigenvalue weighted by atomic mass is 10.1. The van der Waals surface area contributed by atoms with Gasteiger partial charge in [-0.05, 0) is 30.2 Å². The summed E-state index contributed by atoms with van der Waals surface area (Å²) >= 11 is 12.0. The number of nitro groups is 1. The van der Waals surface area contributed by atoms with Crippen molar-refractivity contribution in [2.45, 2.75) is 17.7 Å². The van der Waals surface area contributed by atoms with Gasteiger partial charge in [-0.3, -0.25) is 14.9 Å². The Kier molecular flexibility index (Phi) is 6.97. The number of nitro benzene ring substituents is 1. The number of benzene rings is 2. The molecule has 2 aromatic rings. The second-order valence-electron chi connectivity index (χ2n) is 6.75. The minimum atomic E-state index is -4.03. The summed E-state index contributed by atoms with van der Waals surface area (Å²) in [5, 5.41) is 12.2. The highest BCUT2D eigenvalue weighted by atomic mass is 35.5. The van der Waals surface area contributed by atoms with Gasteiger partial charge in [0.2, 0.25) is 15.9 Å². The van der Waals surface area contributed by atoms with Gasteiger partial charge in [-0.1, -0.05) is 41.4 Å². The molecule has 1 amide bonds. The number of piperazine rings is 1. The summed E-state index contributed by atoms with van der Waals surface area (Å²) in [6, 6.07) is 10.3. The lowest BCUT2D eigenvalue weighted by Crippen LogP contribution is -2.50. The summed E-state index contributed by atoms with van der Waals surface area (Å²) < 4.78 is 26.9. The fourth-order valence-corrected chi connectivity index (χ4v) is 5.35. The quantitative estimate of drug-likeness (QED) is 0.474. The van der Waals surface area contributed by atoms with Crippen LogP contribution in [0, 0.1) is 10.1 Å². The predicted octanol–water partition coefficient (Wildman–Crippen LogP) is 3.37. The standard InChI is InChI=1S/C19H19Cl2N3O5S/c20-15-7-5-14(16(21)13-15)6-8-19(25)22-9-11-23(12-10-22)30(28,29)18-4-2-1-3-17(18)24(26)27/h1-5,7,13H,6,8-12H2. The third-order valence-corrected chi connectivity index (χ3v) is 7.43. The summed E-state index contributed by atoms with van der Waals surface area (Å²) in [5.41, 5.74) is 0.350. The lowest BCUT2D eigenvalue weighted by molar-refractivity contribution is -0.387. The van der Waals surface area contributed by atoms with E-state index in [1.165, 1.54) is 22.5 Å². The molecule has 8 nitrogen and oxygen atoms in total. The predicted molar refractivity (Wildman–Crippen MR) is 113 cm³/mol. The number of sulfonamides is 1. The number of amides is 1. The number of halogens is 2. The van der Waals surface area contributed by atoms with Gasteiger partial charge in [0.05, 0.1) is 4.92 Å². The fourth-order valence-electron chi connectivity index (χ4n) is 3.27. The second-order valence-corrected chi connectivity index (χ2v) is 9.50. The first-order chi connectivity index (χ1) is 14.2. The fraction of sp³-hybridized carbons (Fsp3) is 0.316. The minimum absolute atomic E-state index is 0.0713. The van der Waals surface area contributed by atoms with Crippen molar-refractivity contribution >= 4 is 44.8 Å². The van der Waals surface area contributed by atoms with Gasteiger partial charge in [0.15, 0.2) is 4.90 Å². The summed E-state index contributed by atoms with van der Waals surface area (Å²) in [6.07, 6.45) is 0.682.